The maximum atomic E-state index is 12.8. The van der Waals surface area contributed by atoms with E-state index in [1.54, 1.807) is 0 Å². The lowest BCUT2D eigenvalue weighted by Gasteiger charge is -2.30. The molecule has 0 aliphatic heterocycles. The van der Waals surface area contributed by atoms with Crippen molar-refractivity contribution in [1.82, 2.24) is 5.32 Å². The van der Waals surface area contributed by atoms with Crippen molar-refractivity contribution in [3.05, 3.63) is 65.2 Å². The minimum Gasteiger partial charge on any atom is -0.324 e. The molecule has 1 aliphatic rings. The number of carbonyl (C=O) groups excluding carboxylic acids is 1. The molecular weight excluding hydrogens is 356 g/mol. The fraction of sp³-hybridized carbons (Fsp3) is 0.500. The molecule has 156 valence electrons. The zero-order valence-electron chi connectivity index (χ0n) is 18.4. The maximum Gasteiger partial charge on any atom is 0.238 e. The first-order chi connectivity index (χ1) is 13.9. The fourth-order valence-corrected chi connectivity index (χ4v) is 4.71. The first-order valence-corrected chi connectivity index (χ1v) is 11.1. The highest BCUT2D eigenvalue weighted by Crippen LogP contribution is 2.40. The van der Waals surface area contributed by atoms with Gasteiger partial charge in [-0.2, -0.15) is 0 Å². The lowest BCUT2D eigenvalue weighted by Crippen LogP contribution is -2.39. The SMILES string of the molecule is CC(C)c1cccc(C(C)C)c1NC(=O)CNCC1(c2ccccc2)CCCC1. The van der Waals surface area contributed by atoms with Gasteiger partial charge in [-0.25, -0.2) is 0 Å². The van der Waals surface area contributed by atoms with Gasteiger partial charge in [-0.3, -0.25) is 4.79 Å². The van der Waals surface area contributed by atoms with Crippen LogP contribution in [0.3, 0.4) is 0 Å². The van der Waals surface area contributed by atoms with Crippen molar-refractivity contribution >= 4 is 11.6 Å². The van der Waals surface area contributed by atoms with Gasteiger partial charge >= 0.3 is 0 Å². The van der Waals surface area contributed by atoms with Crippen LogP contribution in [0.15, 0.2) is 48.5 Å². The summed E-state index contributed by atoms with van der Waals surface area (Å²) in [5, 5.41) is 6.69. The highest BCUT2D eigenvalue weighted by atomic mass is 16.1. The van der Waals surface area contributed by atoms with Gasteiger partial charge in [0.05, 0.1) is 6.54 Å². The maximum absolute atomic E-state index is 12.8. The number of hydrogen-bond acceptors (Lipinski definition) is 2. The number of hydrogen-bond donors (Lipinski definition) is 2. The molecule has 0 radical (unpaired) electrons. The molecule has 3 rings (SSSR count). The van der Waals surface area contributed by atoms with Crippen LogP contribution in [0.2, 0.25) is 0 Å². The smallest absolute Gasteiger partial charge is 0.238 e. The molecule has 0 unspecified atom stereocenters. The van der Waals surface area contributed by atoms with Crippen molar-refractivity contribution in [2.24, 2.45) is 0 Å². The summed E-state index contributed by atoms with van der Waals surface area (Å²) in [5.41, 5.74) is 4.99. The minimum absolute atomic E-state index is 0.0428. The third-order valence-electron chi connectivity index (χ3n) is 6.33. The van der Waals surface area contributed by atoms with Gasteiger partial charge in [0, 0.05) is 17.6 Å². The van der Waals surface area contributed by atoms with Crippen LogP contribution < -0.4 is 10.6 Å². The normalized spacial score (nSPS) is 15.8. The predicted molar refractivity (Wildman–Crippen MR) is 123 cm³/mol. The van der Waals surface area contributed by atoms with Crippen molar-refractivity contribution in [1.29, 1.82) is 0 Å². The summed E-state index contributed by atoms with van der Waals surface area (Å²) in [5.74, 6) is 0.787. The van der Waals surface area contributed by atoms with E-state index in [2.05, 4.69) is 86.9 Å². The molecule has 0 aromatic heterocycles. The summed E-state index contributed by atoms with van der Waals surface area (Å²) < 4.78 is 0. The standard InChI is InChI=1S/C26H36N2O/c1-19(2)22-13-10-14-23(20(3)4)25(22)28-24(29)17-27-18-26(15-8-9-16-26)21-11-6-5-7-12-21/h5-7,10-14,19-20,27H,8-9,15-18H2,1-4H3,(H,28,29). The monoisotopic (exact) mass is 392 g/mol. The summed E-state index contributed by atoms with van der Waals surface area (Å²) in [6, 6.07) is 17.2. The second kappa shape index (κ2) is 9.58. The molecule has 0 spiro atoms. The summed E-state index contributed by atoms with van der Waals surface area (Å²) in [6.07, 6.45) is 4.92. The molecule has 1 saturated carbocycles. The number of rotatable bonds is 8. The van der Waals surface area contributed by atoms with Gasteiger partial charge < -0.3 is 10.6 Å². The van der Waals surface area contributed by atoms with Gasteiger partial charge in [-0.1, -0.05) is 89.1 Å². The minimum atomic E-state index is 0.0428. The average Bonchev–Trinajstić information content (AvgIpc) is 3.18. The highest BCUT2D eigenvalue weighted by Gasteiger charge is 2.35. The van der Waals surface area contributed by atoms with Gasteiger partial charge in [0.15, 0.2) is 0 Å². The summed E-state index contributed by atoms with van der Waals surface area (Å²) in [6.45, 7) is 9.91. The Morgan fingerprint density at radius 2 is 1.48 bits per heavy atom. The molecule has 0 bridgehead atoms. The number of nitrogens with one attached hydrogen (secondary N) is 2. The number of para-hydroxylation sites is 1. The predicted octanol–water partition coefficient (Wildman–Crippen LogP) is 5.97. The van der Waals surface area contributed by atoms with E-state index < -0.39 is 0 Å². The first-order valence-electron chi connectivity index (χ1n) is 11.1. The van der Waals surface area contributed by atoms with Gasteiger partial charge in [0.25, 0.3) is 0 Å². The van der Waals surface area contributed by atoms with Crippen LogP contribution in [0.1, 0.15) is 81.9 Å². The van der Waals surface area contributed by atoms with Crippen LogP contribution in [0, 0.1) is 0 Å². The Hall–Kier alpha value is -2.13. The van der Waals surface area contributed by atoms with E-state index in [1.165, 1.54) is 42.4 Å². The van der Waals surface area contributed by atoms with E-state index in [0.29, 0.717) is 18.4 Å². The second-order valence-corrected chi connectivity index (χ2v) is 9.13. The van der Waals surface area contributed by atoms with E-state index >= 15 is 0 Å². The Morgan fingerprint density at radius 1 is 0.897 bits per heavy atom. The lowest BCUT2D eigenvalue weighted by molar-refractivity contribution is -0.115. The Morgan fingerprint density at radius 3 is 2.03 bits per heavy atom. The topological polar surface area (TPSA) is 41.1 Å². The molecule has 1 amide bonds. The van der Waals surface area contributed by atoms with E-state index in [-0.39, 0.29) is 11.3 Å². The van der Waals surface area contributed by atoms with E-state index in [9.17, 15) is 4.79 Å². The molecule has 3 heteroatoms. The lowest BCUT2D eigenvalue weighted by atomic mass is 9.79. The van der Waals surface area contributed by atoms with Gasteiger partial charge in [0.1, 0.15) is 0 Å². The van der Waals surface area contributed by atoms with Crippen LogP contribution in [0.4, 0.5) is 5.69 Å². The zero-order chi connectivity index (χ0) is 20.9. The summed E-state index contributed by atoms with van der Waals surface area (Å²) >= 11 is 0. The van der Waals surface area contributed by atoms with Crippen molar-refractivity contribution in [3.8, 4) is 0 Å². The molecule has 0 heterocycles. The van der Waals surface area contributed by atoms with Crippen LogP contribution in [0.5, 0.6) is 0 Å². The summed E-state index contributed by atoms with van der Waals surface area (Å²) in [7, 11) is 0. The van der Waals surface area contributed by atoms with Crippen molar-refractivity contribution in [3.63, 3.8) is 0 Å². The van der Waals surface area contributed by atoms with E-state index in [1.807, 2.05) is 0 Å². The number of anilines is 1. The van der Waals surface area contributed by atoms with Gasteiger partial charge in [0.2, 0.25) is 5.91 Å². The van der Waals surface area contributed by atoms with Crippen molar-refractivity contribution < 1.29 is 4.79 Å². The Bertz CT molecular complexity index is 778. The number of benzene rings is 2. The molecule has 29 heavy (non-hydrogen) atoms. The first kappa shape index (κ1) is 21.6. The highest BCUT2D eigenvalue weighted by molar-refractivity contribution is 5.94. The number of carbonyl (C=O) groups is 1. The molecule has 1 aliphatic carbocycles. The van der Waals surface area contributed by atoms with Crippen molar-refractivity contribution in [2.45, 2.75) is 70.6 Å². The largest absolute Gasteiger partial charge is 0.324 e. The fourth-order valence-electron chi connectivity index (χ4n) is 4.71. The third kappa shape index (κ3) is 5.08. The molecule has 1 fully saturated rings. The molecular formula is C26H36N2O. The summed E-state index contributed by atoms with van der Waals surface area (Å²) in [4.78, 5) is 12.8. The third-order valence-corrected chi connectivity index (χ3v) is 6.33. The molecule has 2 aromatic rings. The molecule has 0 saturated heterocycles. The molecule has 2 N–H and O–H groups in total. The molecule has 3 nitrogen and oxygen atoms in total. The van der Waals surface area contributed by atoms with E-state index in [0.717, 1.165) is 12.2 Å². The molecule has 2 aromatic carbocycles. The quantitative estimate of drug-likeness (QED) is 0.581. The van der Waals surface area contributed by atoms with Crippen LogP contribution in [-0.2, 0) is 10.2 Å². The Balaban J connectivity index is 1.66. The Kier molecular flexibility index (Phi) is 7.13. The zero-order valence-corrected chi connectivity index (χ0v) is 18.4. The van der Waals surface area contributed by atoms with Crippen LogP contribution in [0.25, 0.3) is 0 Å². The second-order valence-electron chi connectivity index (χ2n) is 9.13. The average molecular weight is 393 g/mol. The van der Waals surface area contributed by atoms with Gasteiger partial charge in [-0.15, -0.1) is 0 Å². The number of amides is 1. The van der Waals surface area contributed by atoms with Gasteiger partial charge in [-0.05, 0) is 41.4 Å². The van der Waals surface area contributed by atoms with E-state index in [4.69, 9.17) is 0 Å². The Labute approximate surface area is 176 Å². The van der Waals surface area contributed by atoms with Crippen molar-refractivity contribution in [2.75, 3.05) is 18.4 Å². The van der Waals surface area contributed by atoms with Crippen LogP contribution >= 0.6 is 0 Å². The van der Waals surface area contributed by atoms with Crippen LogP contribution in [-0.4, -0.2) is 19.0 Å². The molecule has 0 atom stereocenters.